The molecule has 1 amide bonds. The van der Waals surface area contributed by atoms with Gasteiger partial charge < -0.3 is 23.6 Å². The lowest BCUT2D eigenvalue weighted by molar-refractivity contribution is -0.146. The predicted octanol–water partition coefficient (Wildman–Crippen LogP) is 2.52. The summed E-state index contributed by atoms with van der Waals surface area (Å²) in [5.41, 5.74) is 2.39. The van der Waals surface area contributed by atoms with E-state index >= 15 is 0 Å². The average Bonchev–Trinajstić information content (AvgIpc) is 3.00. The molecule has 0 aliphatic heterocycles. The van der Waals surface area contributed by atoms with Crippen LogP contribution in [-0.4, -0.2) is 49.7 Å². The van der Waals surface area contributed by atoms with E-state index in [9.17, 15) is 9.59 Å². The van der Waals surface area contributed by atoms with E-state index in [2.05, 4.69) is 5.16 Å². The smallest absolute Gasteiger partial charge is 0.331 e. The minimum atomic E-state index is -0.604. The van der Waals surface area contributed by atoms with Crippen molar-refractivity contribution in [1.29, 1.82) is 0 Å². The van der Waals surface area contributed by atoms with Gasteiger partial charge in [-0.2, -0.15) is 0 Å². The van der Waals surface area contributed by atoms with Gasteiger partial charge in [0.2, 0.25) is 0 Å². The summed E-state index contributed by atoms with van der Waals surface area (Å²) in [6, 6.07) is 5.26. The van der Waals surface area contributed by atoms with Crippen LogP contribution in [0.25, 0.3) is 6.08 Å². The van der Waals surface area contributed by atoms with Crippen LogP contribution in [0, 0.1) is 13.8 Å². The molecular formula is C20H24N2O6. The molecule has 2 rings (SSSR count). The van der Waals surface area contributed by atoms with E-state index in [4.69, 9.17) is 18.7 Å². The molecule has 0 unspecified atom stereocenters. The van der Waals surface area contributed by atoms with E-state index in [1.54, 1.807) is 38.4 Å². The fourth-order valence-electron chi connectivity index (χ4n) is 2.24. The Kier molecular flexibility index (Phi) is 7.20. The number of aromatic nitrogens is 1. The van der Waals surface area contributed by atoms with E-state index in [0.29, 0.717) is 23.9 Å². The number of methoxy groups -OCH3 is 1. The zero-order chi connectivity index (χ0) is 20.7. The van der Waals surface area contributed by atoms with Crippen molar-refractivity contribution in [3.63, 3.8) is 0 Å². The van der Waals surface area contributed by atoms with Crippen molar-refractivity contribution in [2.45, 2.75) is 20.5 Å². The number of rotatable bonds is 8. The molecule has 0 bridgehead atoms. The molecule has 0 spiro atoms. The predicted molar refractivity (Wildman–Crippen MR) is 102 cm³/mol. The third kappa shape index (κ3) is 5.60. The van der Waals surface area contributed by atoms with Gasteiger partial charge in [-0.1, -0.05) is 11.2 Å². The number of carbonyl (C=O) groups excluding carboxylic acids is 2. The molecule has 2 aromatic rings. The van der Waals surface area contributed by atoms with Gasteiger partial charge in [-0.15, -0.1) is 0 Å². The van der Waals surface area contributed by atoms with Crippen molar-refractivity contribution < 1.29 is 28.3 Å². The normalized spacial score (nSPS) is 10.8. The van der Waals surface area contributed by atoms with Crippen LogP contribution >= 0.6 is 0 Å². The number of amides is 1. The largest absolute Gasteiger partial charge is 0.493 e. The van der Waals surface area contributed by atoms with Gasteiger partial charge in [0, 0.05) is 20.2 Å². The maximum atomic E-state index is 11.7. The fourth-order valence-corrected chi connectivity index (χ4v) is 2.24. The van der Waals surface area contributed by atoms with Crippen LogP contribution in [0.2, 0.25) is 0 Å². The highest BCUT2D eigenvalue weighted by Crippen LogP contribution is 2.30. The van der Waals surface area contributed by atoms with Gasteiger partial charge in [-0.25, -0.2) is 4.79 Å². The van der Waals surface area contributed by atoms with Crippen LogP contribution in [0.4, 0.5) is 0 Å². The number of esters is 1. The van der Waals surface area contributed by atoms with E-state index < -0.39 is 5.97 Å². The maximum Gasteiger partial charge on any atom is 0.331 e. The molecule has 0 radical (unpaired) electrons. The second-order valence-electron chi connectivity index (χ2n) is 6.23. The van der Waals surface area contributed by atoms with E-state index in [0.717, 1.165) is 16.8 Å². The molecule has 0 saturated carbocycles. The van der Waals surface area contributed by atoms with Crippen molar-refractivity contribution in [2.24, 2.45) is 0 Å². The van der Waals surface area contributed by atoms with Crippen molar-refractivity contribution in [3.8, 4) is 11.5 Å². The Labute approximate surface area is 163 Å². The van der Waals surface area contributed by atoms with Crippen LogP contribution in [0.15, 0.2) is 28.8 Å². The molecule has 150 valence electrons. The van der Waals surface area contributed by atoms with Gasteiger partial charge in [0.25, 0.3) is 5.91 Å². The van der Waals surface area contributed by atoms with Crippen molar-refractivity contribution in [2.75, 3.05) is 27.8 Å². The summed E-state index contributed by atoms with van der Waals surface area (Å²) in [5, 5.41) is 3.90. The zero-order valence-corrected chi connectivity index (χ0v) is 16.6. The summed E-state index contributed by atoms with van der Waals surface area (Å²) in [7, 11) is 4.72. The first kappa shape index (κ1) is 21.0. The summed E-state index contributed by atoms with van der Waals surface area (Å²) >= 11 is 0. The molecule has 1 aromatic carbocycles. The number of hydrogen-bond acceptors (Lipinski definition) is 7. The molecule has 0 aliphatic rings. The molecule has 1 aromatic heterocycles. The lowest BCUT2D eigenvalue weighted by Crippen LogP contribution is -2.27. The van der Waals surface area contributed by atoms with Crippen LogP contribution in [0.3, 0.4) is 0 Å². The van der Waals surface area contributed by atoms with Crippen LogP contribution in [-0.2, 0) is 20.9 Å². The number of hydrogen-bond donors (Lipinski definition) is 0. The molecule has 1 heterocycles. The second-order valence-corrected chi connectivity index (χ2v) is 6.23. The SMILES string of the molecule is COc1cc(/C=C/C(=O)OCC(=O)N(C)C)ccc1OCc1c(C)noc1C. The maximum absolute atomic E-state index is 11.7. The summed E-state index contributed by atoms with van der Waals surface area (Å²) in [6.07, 6.45) is 2.82. The third-order valence-corrected chi connectivity index (χ3v) is 3.99. The van der Waals surface area contributed by atoms with Gasteiger partial charge in [0.05, 0.1) is 18.4 Å². The first-order valence-corrected chi connectivity index (χ1v) is 8.59. The van der Waals surface area contributed by atoms with Crippen LogP contribution in [0.5, 0.6) is 11.5 Å². The molecule has 0 fully saturated rings. The minimum absolute atomic E-state index is 0.289. The number of carbonyl (C=O) groups is 2. The van der Waals surface area contributed by atoms with Crippen molar-refractivity contribution >= 4 is 18.0 Å². The standard InChI is InChI=1S/C20H24N2O6/c1-13-16(14(2)28-21-13)11-26-17-8-6-15(10-18(17)25-5)7-9-20(24)27-12-19(23)22(3)4/h6-10H,11-12H2,1-5H3/b9-7+. The number of aryl methyl sites for hydroxylation is 2. The highest BCUT2D eigenvalue weighted by molar-refractivity contribution is 5.89. The molecule has 8 nitrogen and oxygen atoms in total. The lowest BCUT2D eigenvalue weighted by atomic mass is 10.2. The average molecular weight is 388 g/mol. The molecule has 0 atom stereocenters. The van der Waals surface area contributed by atoms with Gasteiger partial charge >= 0.3 is 5.97 Å². The van der Waals surface area contributed by atoms with E-state index in [1.807, 2.05) is 13.8 Å². The molecule has 0 aliphatic carbocycles. The highest BCUT2D eigenvalue weighted by Gasteiger charge is 2.12. The Hall–Kier alpha value is -3.29. The number of likely N-dealkylation sites (N-methyl/N-ethyl adjacent to an activating group) is 1. The molecule has 0 saturated heterocycles. The topological polar surface area (TPSA) is 91.1 Å². The lowest BCUT2D eigenvalue weighted by Gasteiger charge is -2.11. The number of benzene rings is 1. The van der Waals surface area contributed by atoms with Gasteiger partial charge in [0.1, 0.15) is 12.4 Å². The Morgan fingerprint density at radius 3 is 2.57 bits per heavy atom. The quantitative estimate of drug-likeness (QED) is 0.507. The Balaban J connectivity index is 2.00. The molecular weight excluding hydrogens is 364 g/mol. The van der Waals surface area contributed by atoms with Crippen LogP contribution < -0.4 is 9.47 Å². The fraction of sp³-hybridized carbons (Fsp3) is 0.350. The first-order valence-electron chi connectivity index (χ1n) is 8.59. The molecule has 8 heteroatoms. The van der Waals surface area contributed by atoms with Crippen molar-refractivity contribution in [3.05, 3.63) is 46.9 Å². The van der Waals surface area contributed by atoms with Gasteiger partial charge in [-0.3, -0.25) is 4.79 Å². The van der Waals surface area contributed by atoms with Crippen LogP contribution in [0.1, 0.15) is 22.6 Å². The summed E-state index contributed by atoms with van der Waals surface area (Å²) in [4.78, 5) is 24.5. The Morgan fingerprint density at radius 2 is 1.96 bits per heavy atom. The molecule has 28 heavy (non-hydrogen) atoms. The second kappa shape index (κ2) is 9.59. The minimum Gasteiger partial charge on any atom is -0.493 e. The molecule has 0 N–H and O–H groups in total. The third-order valence-electron chi connectivity index (χ3n) is 3.99. The van der Waals surface area contributed by atoms with Gasteiger partial charge in [0.15, 0.2) is 18.1 Å². The number of ether oxygens (including phenoxy) is 3. The summed E-state index contributed by atoms with van der Waals surface area (Å²) in [5.74, 6) is 0.891. The zero-order valence-electron chi connectivity index (χ0n) is 16.6. The van der Waals surface area contributed by atoms with Gasteiger partial charge in [-0.05, 0) is 37.6 Å². The number of nitrogens with zero attached hydrogens (tertiary/aromatic N) is 2. The Bertz CT molecular complexity index is 850. The Morgan fingerprint density at radius 1 is 1.21 bits per heavy atom. The van der Waals surface area contributed by atoms with E-state index in [1.165, 1.54) is 18.1 Å². The van der Waals surface area contributed by atoms with E-state index in [-0.39, 0.29) is 12.5 Å². The highest BCUT2D eigenvalue weighted by atomic mass is 16.5. The van der Waals surface area contributed by atoms with Crippen molar-refractivity contribution in [1.82, 2.24) is 10.1 Å². The monoisotopic (exact) mass is 388 g/mol. The summed E-state index contributed by atoms with van der Waals surface area (Å²) < 4.78 is 21.2. The first-order chi connectivity index (χ1) is 13.3. The summed E-state index contributed by atoms with van der Waals surface area (Å²) in [6.45, 7) is 3.69.